The fraction of sp³-hybridized carbons (Fsp3) is 0.406. The Labute approximate surface area is 263 Å². The van der Waals surface area contributed by atoms with Crippen LogP contribution in [0.4, 0.5) is 24.8 Å². The molecule has 2 fully saturated rings. The quantitative estimate of drug-likeness (QED) is 0.143. The predicted octanol–water partition coefficient (Wildman–Crippen LogP) is 4.78. The Morgan fingerprint density at radius 1 is 1.11 bits per heavy atom. The number of nitrogens with two attached hydrogens (primary N) is 1. The Morgan fingerprint density at radius 2 is 1.85 bits per heavy atom. The molecule has 4 aromatic rings. The van der Waals surface area contributed by atoms with E-state index in [9.17, 15) is 23.1 Å². The van der Waals surface area contributed by atoms with Crippen LogP contribution in [0.15, 0.2) is 61.1 Å². The van der Waals surface area contributed by atoms with Gasteiger partial charge in [-0.25, -0.2) is 19.6 Å². The summed E-state index contributed by atoms with van der Waals surface area (Å²) in [5, 5.41) is 21.7. The number of carbonyl (C=O) groups is 1. The van der Waals surface area contributed by atoms with E-state index < -0.39 is 23.9 Å². The minimum absolute atomic E-state index is 0.0634. The number of nitrogens with one attached hydrogen (secondary N) is 2. The van der Waals surface area contributed by atoms with Crippen LogP contribution >= 0.6 is 0 Å². The van der Waals surface area contributed by atoms with Gasteiger partial charge in [-0.15, -0.1) is 0 Å². The molecule has 3 heterocycles. The zero-order chi connectivity index (χ0) is 32.4. The standard InChI is InChI=1S/C32H36F3N9O2/c1-43(23-12-13-23)16-2-3-26(45)40-22-8-10-24(11-9-22)44-30-27(29(36)38-18-39-30)28(42-44)19-4-6-20(7-5-19)31(46)41-25-17-21(14-15-37-25)32(33,34)35/h2-7,14-15,17-18,22-24,26,40,45H,8-13,16H2,1H3,(H2,36,38,39)(H,37,41,46). The number of nitrogens with zero attached hydrogens (tertiary/aromatic N) is 6. The summed E-state index contributed by atoms with van der Waals surface area (Å²) in [5.41, 5.74) is 7.48. The number of hydrogen-bond acceptors (Lipinski definition) is 9. The molecule has 1 amide bonds. The minimum atomic E-state index is -4.55. The second-order valence-corrected chi connectivity index (χ2v) is 11.9. The molecular formula is C32H36F3N9O2. The zero-order valence-electron chi connectivity index (χ0n) is 25.3. The third kappa shape index (κ3) is 7.19. The van der Waals surface area contributed by atoms with Crippen molar-refractivity contribution in [1.82, 2.24) is 34.9 Å². The lowest BCUT2D eigenvalue weighted by Gasteiger charge is -2.30. The lowest BCUT2D eigenvalue weighted by molar-refractivity contribution is -0.137. The predicted molar refractivity (Wildman–Crippen MR) is 168 cm³/mol. The van der Waals surface area contributed by atoms with Crippen molar-refractivity contribution < 1.29 is 23.1 Å². The number of amides is 1. The Balaban J connectivity index is 1.13. The number of aromatic nitrogens is 5. The number of carbonyl (C=O) groups excluding carboxylic acids is 1. The van der Waals surface area contributed by atoms with E-state index in [1.54, 1.807) is 24.3 Å². The third-order valence-electron chi connectivity index (χ3n) is 8.60. The first-order valence-electron chi connectivity index (χ1n) is 15.3. The van der Waals surface area contributed by atoms with Crippen LogP contribution in [0, 0.1) is 0 Å². The molecule has 6 rings (SSSR count). The molecule has 14 heteroatoms. The van der Waals surface area contributed by atoms with Gasteiger partial charge in [-0.1, -0.05) is 18.2 Å². The number of aliphatic hydroxyl groups is 1. The first-order valence-corrected chi connectivity index (χ1v) is 15.3. The van der Waals surface area contributed by atoms with Crippen molar-refractivity contribution in [3.63, 3.8) is 0 Å². The molecule has 2 aliphatic carbocycles. The van der Waals surface area contributed by atoms with Crippen molar-refractivity contribution in [2.24, 2.45) is 0 Å². The van der Waals surface area contributed by atoms with Crippen LogP contribution in [0.1, 0.15) is 60.5 Å². The Kier molecular flexibility index (Phi) is 9.02. The summed E-state index contributed by atoms with van der Waals surface area (Å²) >= 11 is 0. The van der Waals surface area contributed by atoms with Crippen molar-refractivity contribution in [2.45, 2.75) is 69.1 Å². The Bertz CT molecular complexity index is 1710. The molecule has 1 aromatic carbocycles. The molecule has 3 aromatic heterocycles. The molecule has 5 N–H and O–H groups in total. The van der Waals surface area contributed by atoms with Crippen molar-refractivity contribution in [1.29, 1.82) is 0 Å². The van der Waals surface area contributed by atoms with E-state index in [0.29, 0.717) is 28.3 Å². The van der Waals surface area contributed by atoms with Crippen molar-refractivity contribution in [2.75, 3.05) is 24.6 Å². The highest BCUT2D eigenvalue weighted by molar-refractivity contribution is 6.04. The molecule has 0 saturated heterocycles. The monoisotopic (exact) mass is 635 g/mol. The molecule has 46 heavy (non-hydrogen) atoms. The van der Waals surface area contributed by atoms with Gasteiger partial charge in [-0.05, 0) is 75.9 Å². The number of rotatable bonds is 10. The van der Waals surface area contributed by atoms with Gasteiger partial charge in [-0.2, -0.15) is 18.3 Å². The zero-order valence-corrected chi connectivity index (χ0v) is 25.3. The molecule has 0 aliphatic heterocycles. The molecule has 1 atom stereocenters. The maximum absolute atomic E-state index is 13.1. The van der Waals surface area contributed by atoms with Gasteiger partial charge in [0.25, 0.3) is 5.91 Å². The lowest BCUT2D eigenvalue weighted by Crippen LogP contribution is -2.40. The number of benzene rings is 1. The smallest absolute Gasteiger partial charge is 0.383 e. The van der Waals surface area contributed by atoms with Crippen LogP contribution in [0.2, 0.25) is 0 Å². The molecule has 11 nitrogen and oxygen atoms in total. The highest BCUT2D eigenvalue weighted by Gasteiger charge is 2.31. The van der Waals surface area contributed by atoms with E-state index >= 15 is 0 Å². The summed E-state index contributed by atoms with van der Waals surface area (Å²) in [6.45, 7) is 0.822. The SMILES string of the molecule is CN(CC=CC(O)NC1CCC(n2nc(-c3ccc(C(=O)Nc4cc(C(F)(F)F)ccn4)cc3)c3c(N)ncnc32)CC1)C1CC1. The lowest BCUT2D eigenvalue weighted by atomic mass is 9.91. The van der Waals surface area contributed by atoms with Crippen LogP contribution in [-0.2, 0) is 6.18 Å². The average Bonchev–Trinajstić information content (AvgIpc) is 3.82. The van der Waals surface area contributed by atoms with Crippen LogP contribution in [-0.4, -0.2) is 72.6 Å². The number of hydrogen-bond donors (Lipinski definition) is 4. The van der Waals surface area contributed by atoms with Crippen molar-refractivity contribution in [3.8, 4) is 11.3 Å². The van der Waals surface area contributed by atoms with Gasteiger partial charge < -0.3 is 16.2 Å². The number of pyridine rings is 1. The van der Waals surface area contributed by atoms with Gasteiger partial charge in [0.1, 0.15) is 29.9 Å². The molecular weight excluding hydrogens is 599 g/mol. The van der Waals surface area contributed by atoms with Crippen LogP contribution < -0.4 is 16.4 Å². The van der Waals surface area contributed by atoms with Crippen LogP contribution in [0.5, 0.6) is 0 Å². The summed E-state index contributed by atoms with van der Waals surface area (Å²) in [4.78, 5) is 27.6. The molecule has 242 valence electrons. The fourth-order valence-corrected chi connectivity index (χ4v) is 5.90. The first-order chi connectivity index (χ1) is 22.1. The van der Waals surface area contributed by atoms with Crippen LogP contribution in [0.3, 0.4) is 0 Å². The average molecular weight is 636 g/mol. The van der Waals surface area contributed by atoms with E-state index in [-0.39, 0.29) is 29.3 Å². The summed E-state index contributed by atoms with van der Waals surface area (Å²) in [6, 6.07) is 9.05. The highest BCUT2D eigenvalue weighted by atomic mass is 19.4. The van der Waals surface area contributed by atoms with Crippen molar-refractivity contribution in [3.05, 3.63) is 72.2 Å². The van der Waals surface area contributed by atoms with E-state index in [4.69, 9.17) is 10.8 Å². The molecule has 2 aliphatic rings. The second kappa shape index (κ2) is 13.1. The van der Waals surface area contributed by atoms with E-state index in [1.807, 2.05) is 16.8 Å². The number of halogens is 3. The first kappa shape index (κ1) is 31.6. The highest BCUT2D eigenvalue weighted by Crippen LogP contribution is 2.36. The van der Waals surface area contributed by atoms with E-state index in [0.717, 1.165) is 50.6 Å². The summed E-state index contributed by atoms with van der Waals surface area (Å²) in [5.74, 6) is -0.527. The van der Waals surface area contributed by atoms with Gasteiger partial charge in [0.05, 0.1) is 17.0 Å². The number of anilines is 2. The molecule has 2 saturated carbocycles. The van der Waals surface area contributed by atoms with Gasteiger partial charge in [0, 0.05) is 36.0 Å². The third-order valence-corrected chi connectivity index (χ3v) is 8.60. The topological polar surface area (TPSA) is 147 Å². The molecule has 0 spiro atoms. The fourth-order valence-electron chi connectivity index (χ4n) is 5.90. The summed E-state index contributed by atoms with van der Waals surface area (Å²) < 4.78 is 41.1. The summed E-state index contributed by atoms with van der Waals surface area (Å²) in [7, 11) is 2.10. The largest absolute Gasteiger partial charge is 0.416 e. The minimum Gasteiger partial charge on any atom is -0.383 e. The van der Waals surface area contributed by atoms with Gasteiger partial charge in [-0.3, -0.25) is 15.0 Å². The number of likely N-dealkylation sites (N-methyl/N-ethyl adjacent to an activating group) is 1. The van der Waals surface area contributed by atoms with Crippen LogP contribution in [0.25, 0.3) is 22.3 Å². The normalized spacial score (nSPS) is 19.6. The van der Waals surface area contributed by atoms with E-state index in [2.05, 4.69) is 37.5 Å². The Morgan fingerprint density at radius 3 is 2.54 bits per heavy atom. The number of nitrogen functional groups attached to an aromatic ring is 1. The number of fused-ring (bicyclic) bond motifs is 1. The van der Waals surface area contributed by atoms with Gasteiger partial charge >= 0.3 is 6.18 Å². The number of aliphatic hydroxyl groups excluding tert-OH is 1. The summed E-state index contributed by atoms with van der Waals surface area (Å²) in [6.07, 6.45) is 6.80. The Hall–Kier alpha value is -4.40. The van der Waals surface area contributed by atoms with E-state index in [1.165, 1.54) is 19.2 Å². The molecule has 0 radical (unpaired) electrons. The maximum Gasteiger partial charge on any atom is 0.416 e. The van der Waals surface area contributed by atoms with Gasteiger partial charge in [0.15, 0.2) is 5.65 Å². The molecule has 0 bridgehead atoms. The number of alkyl halides is 3. The van der Waals surface area contributed by atoms with Gasteiger partial charge in [0.2, 0.25) is 0 Å². The maximum atomic E-state index is 13.1. The molecule has 1 unspecified atom stereocenters. The van der Waals surface area contributed by atoms with Crippen molar-refractivity contribution >= 4 is 28.6 Å². The second-order valence-electron chi connectivity index (χ2n) is 11.9.